The van der Waals surface area contributed by atoms with Gasteiger partial charge in [-0.15, -0.1) is 0 Å². The normalized spacial score (nSPS) is 27.6. The number of methoxy groups -OCH3 is 1. The van der Waals surface area contributed by atoms with E-state index in [2.05, 4.69) is 51.3 Å². The average Bonchev–Trinajstić information content (AvgIpc) is 2.48. The molecule has 21 heavy (non-hydrogen) atoms. The summed E-state index contributed by atoms with van der Waals surface area (Å²) >= 11 is 0. The minimum Gasteiger partial charge on any atom is -0.377 e. The molecule has 1 N–H and O–H groups in total. The number of rotatable bonds is 5. The Morgan fingerprint density at radius 2 is 2.14 bits per heavy atom. The number of aryl methyl sites for hydroxylation is 2. The summed E-state index contributed by atoms with van der Waals surface area (Å²) in [6, 6.07) is 7.14. The molecule has 0 amide bonds. The van der Waals surface area contributed by atoms with Crippen molar-refractivity contribution in [1.29, 1.82) is 0 Å². The summed E-state index contributed by atoms with van der Waals surface area (Å²) < 4.78 is 6.08. The molecule has 0 spiro atoms. The summed E-state index contributed by atoms with van der Waals surface area (Å²) in [5.74, 6) is 0.758. The Kier molecular flexibility index (Phi) is 5.45. The number of benzene rings is 1. The maximum absolute atomic E-state index is 6.08. The van der Waals surface area contributed by atoms with Crippen molar-refractivity contribution >= 4 is 0 Å². The number of hydrogen-bond acceptors (Lipinski definition) is 2. The van der Waals surface area contributed by atoms with Crippen LogP contribution >= 0.6 is 0 Å². The summed E-state index contributed by atoms with van der Waals surface area (Å²) in [4.78, 5) is 0. The molecule has 1 aromatic rings. The summed E-state index contributed by atoms with van der Waals surface area (Å²) in [5, 5.41) is 3.55. The van der Waals surface area contributed by atoms with Crippen LogP contribution in [0.1, 0.15) is 49.3 Å². The van der Waals surface area contributed by atoms with Crippen LogP contribution in [0.3, 0.4) is 0 Å². The summed E-state index contributed by atoms with van der Waals surface area (Å²) in [7, 11) is 3.97. The lowest BCUT2D eigenvalue weighted by atomic mass is 9.73. The molecular weight excluding hydrogens is 258 g/mol. The van der Waals surface area contributed by atoms with Gasteiger partial charge in [0.05, 0.1) is 5.60 Å². The second-order valence-corrected chi connectivity index (χ2v) is 6.95. The smallest absolute Gasteiger partial charge is 0.0836 e. The average molecular weight is 289 g/mol. The Labute approximate surface area is 130 Å². The van der Waals surface area contributed by atoms with Gasteiger partial charge < -0.3 is 10.1 Å². The molecule has 1 fully saturated rings. The van der Waals surface area contributed by atoms with Gasteiger partial charge in [-0.1, -0.05) is 43.5 Å². The standard InChI is InChI=1S/C19H31NO/c1-14-8-9-16(3)17(11-14)12-18(20-4)19(21-5)10-6-7-15(2)13-19/h8-9,11,15,18,20H,6-7,10,12-13H2,1-5H3. The van der Waals surface area contributed by atoms with E-state index < -0.39 is 0 Å². The molecule has 3 atom stereocenters. The van der Waals surface area contributed by atoms with Gasteiger partial charge in [-0.25, -0.2) is 0 Å². The first-order valence-corrected chi connectivity index (χ1v) is 8.29. The molecule has 1 saturated carbocycles. The third-order valence-corrected chi connectivity index (χ3v) is 5.31. The third kappa shape index (κ3) is 3.67. The first kappa shape index (κ1) is 16.5. The third-order valence-electron chi connectivity index (χ3n) is 5.31. The van der Waals surface area contributed by atoms with Gasteiger partial charge >= 0.3 is 0 Å². The predicted molar refractivity (Wildman–Crippen MR) is 89.8 cm³/mol. The van der Waals surface area contributed by atoms with E-state index in [4.69, 9.17) is 4.74 Å². The minimum atomic E-state index is -0.0113. The van der Waals surface area contributed by atoms with Gasteiger partial charge in [0.2, 0.25) is 0 Å². The van der Waals surface area contributed by atoms with E-state index in [1.165, 1.54) is 42.4 Å². The highest BCUT2D eigenvalue weighted by Gasteiger charge is 2.41. The van der Waals surface area contributed by atoms with Crippen molar-refractivity contribution in [3.8, 4) is 0 Å². The fourth-order valence-electron chi connectivity index (χ4n) is 3.98. The van der Waals surface area contributed by atoms with Crippen molar-refractivity contribution in [3.05, 3.63) is 34.9 Å². The quantitative estimate of drug-likeness (QED) is 0.883. The number of likely N-dealkylation sites (N-methyl/N-ethyl adjacent to an activating group) is 1. The lowest BCUT2D eigenvalue weighted by molar-refractivity contribution is -0.0775. The Morgan fingerprint density at radius 3 is 2.76 bits per heavy atom. The van der Waals surface area contributed by atoms with Gasteiger partial charge in [0.25, 0.3) is 0 Å². The van der Waals surface area contributed by atoms with Crippen LogP contribution in [0, 0.1) is 19.8 Å². The van der Waals surface area contributed by atoms with E-state index in [0.29, 0.717) is 6.04 Å². The first-order chi connectivity index (χ1) is 10.0. The zero-order valence-electron chi connectivity index (χ0n) is 14.3. The lowest BCUT2D eigenvalue weighted by Crippen LogP contribution is -2.54. The Balaban J connectivity index is 2.23. The maximum atomic E-state index is 6.08. The molecule has 1 aliphatic carbocycles. The molecule has 2 nitrogen and oxygen atoms in total. The topological polar surface area (TPSA) is 21.3 Å². The van der Waals surface area contributed by atoms with E-state index in [1.54, 1.807) is 0 Å². The molecule has 2 rings (SSSR count). The monoisotopic (exact) mass is 289 g/mol. The first-order valence-electron chi connectivity index (χ1n) is 8.29. The number of nitrogens with one attached hydrogen (secondary N) is 1. The molecule has 0 aromatic heterocycles. The van der Waals surface area contributed by atoms with Gasteiger partial charge in [0.15, 0.2) is 0 Å². The highest BCUT2D eigenvalue weighted by Crippen LogP contribution is 2.38. The van der Waals surface area contributed by atoms with Crippen molar-refractivity contribution in [2.45, 2.75) is 64.5 Å². The SMILES string of the molecule is CNC(Cc1cc(C)ccc1C)C1(OC)CCCC(C)C1. The van der Waals surface area contributed by atoms with Crippen LogP contribution in [0.2, 0.25) is 0 Å². The van der Waals surface area contributed by atoms with Gasteiger partial charge in [0, 0.05) is 13.2 Å². The van der Waals surface area contributed by atoms with Crippen molar-refractivity contribution < 1.29 is 4.74 Å². The molecule has 0 radical (unpaired) electrons. The van der Waals surface area contributed by atoms with Gasteiger partial charge in [-0.05, 0) is 57.2 Å². The molecule has 0 bridgehead atoms. The molecule has 0 aliphatic heterocycles. The van der Waals surface area contributed by atoms with Crippen LogP contribution in [0.25, 0.3) is 0 Å². The molecule has 1 aromatic carbocycles. The summed E-state index contributed by atoms with van der Waals surface area (Å²) in [5.41, 5.74) is 4.16. The maximum Gasteiger partial charge on any atom is 0.0836 e. The number of ether oxygens (including phenoxy) is 1. The van der Waals surface area contributed by atoms with Crippen LogP contribution in [-0.4, -0.2) is 25.8 Å². The van der Waals surface area contributed by atoms with Crippen LogP contribution < -0.4 is 5.32 Å². The van der Waals surface area contributed by atoms with Gasteiger partial charge in [-0.2, -0.15) is 0 Å². The summed E-state index contributed by atoms with van der Waals surface area (Å²) in [6.07, 6.45) is 6.00. The molecule has 0 saturated heterocycles. The van der Waals surface area contributed by atoms with E-state index in [-0.39, 0.29) is 5.60 Å². The molecular formula is C19H31NO. The Hall–Kier alpha value is -0.860. The zero-order valence-corrected chi connectivity index (χ0v) is 14.3. The van der Waals surface area contributed by atoms with E-state index in [1.807, 2.05) is 7.11 Å². The molecule has 3 unspecified atom stereocenters. The van der Waals surface area contributed by atoms with Crippen LogP contribution in [0.4, 0.5) is 0 Å². The predicted octanol–water partition coefficient (Wildman–Crippen LogP) is 4.03. The molecule has 2 heteroatoms. The highest BCUT2D eigenvalue weighted by atomic mass is 16.5. The van der Waals surface area contributed by atoms with Crippen LogP contribution in [-0.2, 0) is 11.2 Å². The molecule has 1 aliphatic rings. The Bertz CT molecular complexity index is 471. The summed E-state index contributed by atoms with van der Waals surface area (Å²) in [6.45, 7) is 6.74. The zero-order chi connectivity index (χ0) is 15.5. The second kappa shape index (κ2) is 6.93. The minimum absolute atomic E-state index is 0.0113. The fourth-order valence-corrected chi connectivity index (χ4v) is 3.98. The van der Waals surface area contributed by atoms with Crippen LogP contribution in [0.5, 0.6) is 0 Å². The molecule has 0 heterocycles. The van der Waals surface area contributed by atoms with Crippen LogP contribution in [0.15, 0.2) is 18.2 Å². The van der Waals surface area contributed by atoms with E-state index in [9.17, 15) is 0 Å². The molecule has 118 valence electrons. The van der Waals surface area contributed by atoms with Crippen molar-refractivity contribution in [2.75, 3.05) is 14.2 Å². The van der Waals surface area contributed by atoms with E-state index in [0.717, 1.165) is 12.3 Å². The largest absolute Gasteiger partial charge is 0.377 e. The number of hydrogen-bond donors (Lipinski definition) is 1. The van der Waals surface area contributed by atoms with Crippen molar-refractivity contribution in [2.24, 2.45) is 5.92 Å². The van der Waals surface area contributed by atoms with Crippen molar-refractivity contribution in [1.82, 2.24) is 5.32 Å². The van der Waals surface area contributed by atoms with Crippen molar-refractivity contribution in [3.63, 3.8) is 0 Å². The van der Waals surface area contributed by atoms with E-state index >= 15 is 0 Å². The van der Waals surface area contributed by atoms with Gasteiger partial charge in [-0.3, -0.25) is 0 Å². The lowest BCUT2D eigenvalue weighted by Gasteiger charge is -2.44. The van der Waals surface area contributed by atoms with Gasteiger partial charge in [0.1, 0.15) is 0 Å². The fraction of sp³-hybridized carbons (Fsp3) is 0.684. The second-order valence-electron chi connectivity index (χ2n) is 6.95. The Morgan fingerprint density at radius 1 is 1.38 bits per heavy atom. The highest BCUT2D eigenvalue weighted by molar-refractivity contribution is 5.31.